The van der Waals surface area contributed by atoms with E-state index in [4.69, 9.17) is 4.74 Å². The van der Waals surface area contributed by atoms with Gasteiger partial charge in [-0.1, -0.05) is 0 Å². The molecule has 0 aliphatic carbocycles. The largest absolute Gasteiger partial charge is 0.481 e. The van der Waals surface area contributed by atoms with E-state index in [0.717, 1.165) is 51.2 Å². The molecule has 7 heteroatoms. The van der Waals surface area contributed by atoms with Crippen molar-refractivity contribution in [2.24, 2.45) is 5.41 Å². The van der Waals surface area contributed by atoms with Gasteiger partial charge in [0.2, 0.25) is 0 Å². The van der Waals surface area contributed by atoms with Crippen LogP contribution in [0.3, 0.4) is 0 Å². The van der Waals surface area contributed by atoms with Crippen molar-refractivity contribution in [3.63, 3.8) is 0 Å². The fourth-order valence-corrected chi connectivity index (χ4v) is 3.28. The van der Waals surface area contributed by atoms with E-state index in [1.54, 1.807) is 4.90 Å². The van der Waals surface area contributed by atoms with Gasteiger partial charge in [0.25, 0.3) is 5.91 Å². The number of nitrogens with zero attached hydrogens (tertiary/aromatic N) is 1. The standard InChI is InChI=1S/C16H20F2N2O2.ClH/c17-12-1-2-14(13(18)9-12)22-10-15(21)20-7-4-16(5-8-20)3-6-19-11-16;/h1-2,9,19H,3-8,10-11H2;1H. The Morgan fingerprint density at radius 2 is 2.00 bits per heavy atom. The predicted molar refractivity (Wildman–Crippen MR) is 84.8 cm³/mol. The average molecular weight is 347 g/mol. The normalized spacial score (nSPS) is 19.5. The topological polar surface area (TPSA) is 41.6 Å². The maximum absolute atomic E-state index is 13.4. The molecular formula is C16H21ClF2N2O2. The number of hydrogen-bond acceptors (Lipinski definition) is 3. The van der Waals surface area contributed by atoms with Crippen LogP contribution in [0.5, 0.6) is 5.75 Å². The number of amides is 1. The Hall–Kier alpha value is -1.40. The molecule has 2 heterocycles. The van der Waals surface area contributed by atoms with Crippen molar-refractivity contribution in [2.75, 3.05) is 32.8 Å². The number of benzene rings is 1. The number of rotatable bonds is 3. The summed E-state index contributed by atoms with van der Waals surface area (Å²) in [6, 6.07) is 3.06. The van der Waals surface area contributed by atoms with Gasteiger partial charge in [-0.15, -0.1) is 12.4 Å². The number of likely N-dealkylation sites (tertiary alicyclic amines) is 1. The molecule has 3 rings (SSSR count). The molecular weight excluding hydrogens is 326 g/mol. The summed E-state index contributed by atoms with van der Waals surface area (Å²) < 4.78 is 31.4. The van der Waals surface area contributed by atoms with Crippen molar-refractivity contribution in [2.45, 2.75) is 19.3 Å². The van der Waals surface area contributed by atoms with Crippen molar-refractivity contribution < 1.29 is 18.3 Å². The first-order valence-corrected chi connectivity index (χ1v) is 7.64. The fourth-order valence-electron chi connectivity index (χ4n) is 3.28. The summed E-state index contributed by atoms with van der Waals surface area (Å²) in [6.45, 7) is 3.31. The van der Waals surface area contributed by atoms with Crippen LogP contribution >= 0.6 is 12.4 Å². The number of halogens is 3. The van der Waals surface area contributed by atoms with Crippen molar-refractivity contribution in [3.05, 3.63) is 29.8 Å². The summed E-state index contributed by atoms with van der Waals surface area (Å²) in [5, 5.41) is 3.38. The summed E-state index contributed by atoms with van der Waals surface area (Å²) in [4.78, 5) is 13.9. The molecule has 0 saturated carbocycles. The summed E-state index contributed by atoms with van der Waals surface area (Å²) in [6.07, 6.45) is 3.17. The maximum atomic E-state index is 13.4. The van der Waals surface area contributed by atoms with Gasteiger partial charge in [-0.05, 0) is 43.4 Å². The lowest BCUT2D eigenvalue weighted by atomic mass is 9.78. The minimum atomic E-state index is -0.789. The van der Waals surface area contributed by atoms with Crippen molar-refractivity contribution in [3.8, 4) is 5.75 Å². The van der Waals surface area contributed by atoms with E-state index in [1.807, 2.05) is 0 Å². The molecule has 2 saturated heterocycles. The van der Waals surface area contributed by atoms with E-state index >= 15 is 0 Å². The van der Waals surface area contributed by atoms with Crippen LogP contribution < -0.4 is 10.1 Å². The smallest absolute Gasteiger partial charge is 0.260 e. The third-order valence-electron chi connectivity index (χ3n) is 4.75. The van der Waals surface area contributed by atoms with Crippen LogP contribution in [0.1, 0.15) is 19.3 Å². The van der Waals surface area contributed by atoms with Crippen molar-refractivity contribution in [1.29, 1.82) is 0 Å². The molecule has 2 fully saturated rings. The molecule has 2 aliphatic rings. The van der Waals surface area contributed by atoms with Crippen LogP contribution in [0.4, 0.5) is 8.78 Å². The lowest BCUT2D eigenvalue weighted by molar-refractivity contribution is -0.135. The minimum Gasteiger partial charge on any atom is -0.481 e. The lowest BCUT2D eigenvalue weighted by Gasteiger charge is -2.38. The predicted octanol–water partition coefficient (Wildman–Crippen LogP) is 2.37. The van der Waals surface area contributed by atoms with E-state index < -0.39 is 11.6 Å². The molecule has 0 unspecified atom stereocenters. The summed E-state index contributed by atoms with van der Waals surface area (Å²) >= 11 is 0. The van der Waals surface area contributed by atoms with Gasteiger partial charge in [0, 0.05) is 25.7 Å². The third kappa shape index (κ3) is 4.12. The number of piperidine rings is 1. The molecule has 0 aromatic heterocycles. The van der Waals surface area contributed by atoms with E-state index in [2.05, 4.69) is 5.32 Å². The highest BCUT2D eigenvalue weighted by Crippen LogP contribution is 2.36. The van der Waals surface area contributed by atoms with E-state index in [0.29, 0.717) is 5.41 Å². The Labute approximate surface area is 140 Å². The molecule has 1 spiro atoms. The first kappa shape index (κ1) is 17.9. The van der Waals surface area contributed by atoms with Crippen molar-refractivity contribution in [1.82, 2.24) is 10.2 Å². The van der Waals surface area contributed by atoms with Gasteiger partial charge in [0.1, 0.15) is 5.82 Å². The zero-order valence-corrected chi connectivity index (χ0v) is 13.6. The zero-order valence-electron chi connectivity index (χ0n) is 12.8. The number of nitrogens with one attached hydrogen (secondary N) is 1. The highest BCUT2D eigenvalue weighted by atomic mass is 35.5. The SMILES string of the molecule is Cl.O=C(COc1ccc(F)cc1F)N1CCC2(CCNC2)CC1. The molecule has 1 amide bonds. The van der Waals surface area contributed by atoms with Gasteiger partial charge >= 0.3 is 0 Å². The highest BCUT2D eigenvalue weighted by molar-refractivity contribution is 5.85. The molecule has 128 valence electrons. The van der Waals surface area contributed by atoms with Gasteiger partial charge < -0.3 is 15.0 Å². The summed E-state index contributed by atoms with van der Waals surface area (Å²) in [5.41, 5.74) is 0.348. The molecule has 0 atom stereocenters. The van der Waals surface area contributed by atoms with Crippen LogP contribution in [0, 0.1) is 17.0 Å². The fraction of sp³-hybridized carbons (Fsp3) is 0.562. The third-order valence-corrected chi connectivity index (χ3v) is 4.75. The number of hydrogen-bond donors (Lipinski definition) is 1. The minimum absolute atomic E-state index is 0. The van der Waals surface area contributed by atoms with E-state index in [-0.39, 0.29) is 30.7 Å². The van der Waals surface area contributed by atoms with Gasteiger partial charge in [-0.2, -0.15) is 0 Å². The average Bonchev–Trinajstić information content (AvgIpc) is 2.95. The molecule has 2 aliphatic heterocycles. The number of carbonyl (C=O) groups is 1. The molecule has 4 nitrogen and oxygen atoms in total. The first-order chi connectivity index (χ1) is 10.6. The molecule has 1 N–H and O–H groups in total. The Kier molecular flexibility index (Phi) is 5.81. The van der Waals surface area contributed by atoms with E-state index in [9.17, 15) is 13.6 Å². The first-order valence-electron chi connectivity index (χ1n) is 7.64. The zero-order chi connectivity index (χ0) is 15.6. The van der Waals surface area contributed by atoms with Gasteiger partial charge in [0.05, 0.1) is 0 Å². The Morgan fingerprint density at radius 1 is 1.26 bits per heavy atom. The Balaban J connectivity index is 0.00000192. The van der Waals surface area contributed by atoms with Crippen molar-refractivity contribution >= 4 is 18.3 Å². The summed E-state index contributed by atoms with van der Waals surface area (Å²) in [7, 11) is 0. The van der Waals surface area contributed by atoms with Gasteiger partial charge in [0.15, 0.2) is 18.2 Å². The second-order valence-electron chi connectivity index (χ2n) is 6.17. The Bertz CT molecular complexity index is 555. The second-order valence-corrected chi connectivity index (χ2v) is 6.17. The number of carbonyl (C=O) groups excluding carboxylic acids is 1. The molecule has 0 radical (unpaired) electrons. The lowest BCUT2D eigenvalue weighted by Crippen LogP contribution is -2.45. The molecule has 1 aromatic carbocycles. The summed E-state index contributed by atoms with van der Waals surface area (Å²) in [5.74, 6) is -1.70. The maximum Gasteiger partial charge on any atom is 0.260 e. The van der Waals surface area contributed by atoms with Crippen LogP contribution in [-0.2, 0) is 4.79 Å². The van der Waals surface area contributed by atoms with Gasteiger partial charge in [-0.25, -0.2) is 8.78 Å². The second kappa shape index (κ2) is 7.45. The quantitative estimate of drug-likeness (QED) is 0.913. The van der Waals surface area contributed by atoms with Crippen LogP contribution in [0.25, 0.3) is 0 Å². The van der Waals surface area contributed by atoms with E-state index in [1.165, 1.54) is 12.5 Å². The highest BCUT2D eigenvalue weighted by Gasteiger charge is 2.38. The van der Waals surface area contributed by atoms with Crippen LogP contribution in [-0.4, -0.2) is 43.6 Å². The molecule has 23 heavy (non-hydrogen) atoms. The van der Waals surface area contributed by atoms with Gasteiger partial charge in [-0.3, -0.25) is 4.79 Å². The Morgan fingerprint density at radius 3 is 2.61 bits per heavy atom. The van der Waals surface area contributed by atoms with Crippen LogP contribution in [0.2, 0.25) is 0 Å². The monoisotopic (exact) mass is 346 g/mol. The molecule has 0 bridgehead atoms. The van der Waals surface area contributed by atoms with Crippen LogP contribution in [0.15, 0.2) is 18.2 Å². The molecule has 1 aromatic rings. The number of ether oxygens (including phenoxy) is 1.